The minimum atomic E-state index is -3.14. The van der Waals surface area contributed by atoms with Crippen LogP contribution in [0.1, 0.15) is 12.8 Å². The van der Waals surface area contributed by atoms with E-state index in [9.17, 15) is 13.2 Å². The summed E-state index contributed by atoms with van der Waals surface area (Å²) in [6, 6.07) is -0.416. The van der Waals surface area contributed by atoms with Gasteiger partial charge in [-0.3, -0.25) is 4.79 Å². The molecule has 0 spiro atoms. The molecule has 1 atom stereocenters. The van der Waals surface area contributed by atoms with Crippen molar-refractivity contribution in [3.05, 3.63) is 11.5 Å². The molecule has 0 aromatic heterocycles. The van der Waals surface area contributed by atoms with Crippen LogP contribution in [0.5, 0.6) is 0 Å². The molecule has 2 N–H and O–H groups in total. The third-order valence-corrected chi connectivity index (χ3v) is 5.11. The largest absolute Gasteiger partial charge is 0.384 e. The first-order chi connectivity index (χ1) is 8.97. The summed E-state index contributed by atoms with van der Waals surface area (Å²) in [7, 11) is -1.56. The lowest BCUT2D eigenvalue weighted by molar-refractivity contribution is -0.136. The fraction of sp³-hybridized carbons (Fsp3) is 0.750. The van der Waals surface area contributed by atoms with E-state index in [2.05, 4.69) is 10.6 Å². The second-order valence-corrected chi connectivity index (χ2v) is 7.13. The molecule has 0 saturated carbocycles. The maximum Gasteiger partial charge on any atom is 0.229 e. The highest BCUT2D eigenvalue weighted by atomic mass is 32.2. The number of hydrogen-bond donors (Lipinski definition) is 2. The van der Waals surface area contributed by atoms with Gasteiger partial charge in [-0.15, -0.1) is 0 Å². The molecule has 0 aromatic carbocycles. The third kappa shape index (κ3) is 3.34. The Balaban J connectivity index is 2.02. The van der Waals surface area contributed by atoms with Crippen molar-refractivity contribution in [3.8, 4) is 0 Å². The lowest BCUT2D eigenvalue weighted by Crippen LogP contribution is -2.52. The molecule has 0 bridgehead atoms. The van der Waals surface area contributed by atoms with Crippen molar-refractivity contribution in [2.45, 2.75) is 18.9 Å². The van der Waals surface area contributed by atoms with E-state index in [0.29, 0.717) is 19.4 Å². The summed E-state index contributed by atoms with van der Waals surface area (Å²) in [4.78, 5) is 12.4. The molecule has 0 aliphatic carbocycles. The Morgan fingerprint density at radius 3 is 2.68 bits per heavy atom. The first-order valence-electron chi connectivity index (χ1n) is 6.39. The Hall–Kier alpha value is -0.920. The number of rotatable bonds is 4. The second-order valence-electron chi connectivity index (χ2n) is 5.20. The normalized spacial score (nSPS) is 28.2. The average molecular weight is 288 g/mol. The molecule has 1 amide bonds. The maximum absolute atomic E-state index is 12.4. The number of carbonyl (C=O) groups is 1. The van der Waals surface area contributed by atoms with Crippen LogP contribution < -0.4 is 10.6 Å². The Labute approximate surface area is 113 Å². The Bertz CT molecular complexity index is 461. The molecule has 2 aliphatic rings. The van der Waals surface area contributed by atoms with Gasteiger partial charge in [0.15, 0.2) is 9.84 Å². The Morgan fingerprint density at radius 2 is 2.16 bits per heavy atom. The molecule has 1 saturated heterocycles. The monoisotopic (exact) mass is 288 g/mol. The molecule has 2 rings (SSSR count). The highest BCUT2D eigenvalue weighted by Crippen LogP contribution is 2.29. The zero-order valence-electron chi connectivity index (χ0n) is 11.0. The SMILES string of the molecule is COCC1(C(=O)NC2C=CS(=O)(=O)C2)CCNCC1. The van der Waals surface area contributed by atoms with Crippen molar-refractivity contribution in [3.63, 3.8) is 0 Å². The second kappa shape index (κ2) is 5.60. The number of hydrogen-bond acceptors (Lipinski definition) is 5. The van der Waals surface area contributed by atoms with E-state index in [-0.39, 0.29) is 11.7 Å². The average Bonchev–Trinajstić information content (AvgIpc) is 2.70. The molecule has 2 heterocycles. The summed E-state index contributed by atoms with van der Waals surface area (Å²) in [6.07, 6.45) is 2.94. The van der Waals surface area contributed by atoms with E-state index >= 15 is 0 Å². The van der Waals surface area contributed by atoms with Gasteiger partial charge in [0.2, 0.25) is 5.91 Å². The van der Waals surface area contributed by atoms with Crippen LogP contribution in [0.15, 0.2) is 11.5 Å². The summed E-state index contributed by atoms with van der Waals surface area (Å²) >= 11 is 0. The number of carbonyl (C=O) groups excluding carboxylic acids is 1. The van der Waals surface area contributed by atoms with Crippen LogP contribution in [0.25, 0.3) is 0 Å². The molecule has 0 aromatic rings. The Morgan fingerprint density at radius 1 is 1.47 bits per heavy atom. The number of methoxy groups -OCH3 is 1. The number of sulfone groups is 1. The minimum Gasteiger partial charge on any atom is -0.384 e. The van der Waals surface area contributed by atoms with Crippen LogP contribution in [0.2, 0.25) is 0 Å². The minimum absolute atomic E-state index is 0.0416. The van der Waals surface area contributed by atoms with Gasteiger partial charge in [-0.1, -0.05) is 0 Å². The molecule has 108 valence electrons. The van der Waals surface area contributed by atoms with Crippen LogP contribution in [-0.2, 0) is 19.4 Å². The standard InChI is InChI=1S/C12H20N2O4S/c1-18-9-12(3-5-13-6-4-12)11(15)14-10-2-7-19(16,17)8-10/h2,7,10,13H,3-6,8-9H2,1H3,(H,14,15). The van der Waals surface area contributed by atoms with Crippen LogP contribution in [0, 0.1) is 5.41 Å². The fourth-order valence-corrected chi connectivity index (χ4v) is 3.84. The topological polar surface area (TPSA) is 84.5 Å². The number of ether oxygens (including phenoxy) is 1. The van der Waals surface area contributed by atoms with Crippen molar-refractivity contribution < 1.29 is 17.9 Å². The predicted octanol–water partition coefficient (Wildman–Crippen LogP) is -0.570. The quantitative estimate of drug-likeness (QED) is 0.724. The van der Waals surface area contributed by atoms with Gasteiger partial charge in [0.1, 0.15) is 0 Å². The van der Waals surface area contributed by atoms with Gasteiger partial charge >= 0.3 is 0 Å². The number of nitrogens with one attached hydrogen (secondary N) is 2. The lowest BCUT2D eigenvalue weighted by Gasteiger charge is -2.36. The van der Waals surface area contributed by atoms with Crippen molar-refractivity contribution in [2.24, 2.45) is 5.41 Å². The summed E-state index contributed by atoms with van der Waals surface area (Å²) < 4.78 is 27.8. The lowest BCUT2D eigenvalue weighted by atomic mass is 9.78. The third-order valence-electron chi connectivity index (χ3n) is 3.71. The first-order valence-corrected chi connectivity index (χ1v) is 8.11. The first kappa shape index (κ1) is 14.5. The molecule has 1 unspecified atom stereocenters. The van der Waals surface area contributed by atoms with Gasteiger partial charge in [0, 0.05) is 12.5 Å². The van der Waals surface area contributed by atoms with E-state index in [1.807, 2.05) is 0 Å². The predicted molar refractivity (Wildman–Crippen MR) is 71.3 cm³/mol. The van der Waals surface area contributed by atoms with E-state index < -0.39 is 21.3 Å². The van der Waals surface area contributed by atoms with Gasteiger partial charge in [0.05, 0.1) is 23.8 Å². The number of piperidine rings is 1. The zero-order valence-corrected chi connectivity index (χ0v) is 11.8. The van der Waals surface area contributed by atoms with E-state index in [4.69, 9.17) is 4.74 Å². The molecular formula is C12H20N2O4S. The summed E-state index contributed by atoms with van der Waals surface area (Å²) in [6.45, 7) is 1.91. The summed E-state index contributed by atoms with van der Waals surface area (Å²) in [5.41, 5.74) is -0.541. The van der Waals surface area contributed by atoms with Crippen molar-refractivity contribution in [1.82, 2.24) is 10.6 Å². The van der Waals surface area contributed by atoms with Crippen molar-refractivity contribution in [1.29, 1.82) is 0 Å². The van der Waals surface area contributed by atoms with Gasteiger partial charge in [0.25, 0.3) is 0 Å². The zero-order chi connectivity index (χ0) is 13.9. The maximum atomic E-state index is 12.4. The van der Waals surface area contributed by atoms with Crippen LogP contribution in [0.3, 0.4) is 0 Å². The van der Waals surface area contributed by atoms with E-state index in [0.717, 1.165) is 13.1 Å². The van der Waals surface area contributed by atoms with Crippen LogP contribution in [0.4, 0.5) is 0 Å². The van der Waals surface area contributed by atoms with Gasteiger partial charge < -0.3 is 15.4 Å². The highest BCUT2D eigenvalue weighted by Gasteiger charge is 2.40. The van der Waals surface area contributed by atoms with Gasteiger partial charge in [-0.2, -0.15) is 0 Å². The highest BCUT2D eigenvalue weighted by molar-refractivity contribution is 7.94. The smallest absolute Gasteiger partial charge is 0.229 e. The van der Waals surface area contributed by atoms with Crippen molar-refractivity contribution in [2.75, 3.05) is 32.6 Å². The van der Waals surface area contributed by atoms with Crippen molar-refractivity contribution >= 4 is 15.7 Å². The van der Waals surface area contributed by atoms with E-state index in [1.165, 1.54) is 11.5 Å². The summed E-state index contributed by atoms with van der Waals surface area (Å²) in [5.74, 6) is -0.150. The molecular weight excluding hydrogens is 268 g/mol. The molecule has 1 fully saturated rings. The van der Waals surface area contributed by atoms with Gasteiger partial charge in [-0.05, 0) is 32.0 Å². The van der Waals surface area contributed by atoms with E-state index in [1.54, 1.807) is 7.11 Å². The van der Waals surface area contributed by atoms with Crippen LogP contribution >= 0.6 is 0 Å². The molecule has 6 nitrogen and oxygen atoms in total. The fourth-order valence-electron chi connectivity index (χ4n) is 2.61. The van der Waals surface area contributed by atoms with Crippen LogP contribution in [-0.4, -0.2) is 52.9 Å². The Kier molecular flexibility index (Phi) is 4.27. The summed E-state index contributed by atoms with van der Waals surface area (Å²) in [5, 5.41) is 7.20. The number of amides is 1. The molecule has 7 heteroatoms. The molecule has 0 radical (unpaired) electrons. The van der Waals surface area contributed by atoms with Gasteiger partial charge in [-0.25, -0.2) is 8.42 Å². The molecule has 19 heavy (non-hydrogen) atoms. The molecule has 2 aliphatic heterocycles.